The molecule has 1 heterocycles. The first kappa shape index (κ1) is 33.5. The number of aromatic nitrogens is 2. The third-order valence-corrected chi connectivity index (χ3v) is 7.15. The Morgan fingerprint density at radius 1 is 0.896 bits per heavy atom. The van der Waals surface area contributed by atoms with Crippen LogP contribution in [-0.4, -0.2) is 44.9 Å². The lowest BCUT2D eigenvalue weighted by atomic mass is 10.0. The lowest BCUT2D eigenvalue weighted by Gasteiger charge is -2.19. The number of anilines is 1. The topological polar surface area (TPSA) is 144 Å². The first-order valence-electron chi connectivity index (χ1n) is 14.9. The van der Waals surface area contributed by atoms with Crippen molar-refractivity contribution < 1.29 is 37.5 Å². The van der Waals surface area contributed by atoms with Gasteiger partial charge < -0.3 is 19.7 Å². The summed E-state index contributed by atoms with van der Waals surface area (Å²) in [6, 6.07) is 20.4. The molecule has 48 heavy (non-hydrogen) atoms. The summed E-state index contributed by atoms with van der Waals surface area (Å²) in [6.07, 6.45) is -0.809. The molecule has 0 aliphatic heterocycles. The molecule has 5 rings (SSSR count). The second-order valence-electron chi connectivity index (χ2n) is 12.1. The minimum atomic E-state index is -1.37. The highest BCUT2D eigenvalue weighted by molar-refractivity contribution is 5.97. The van der Waals surface area contributed by atoms with Gasteiger partial charge in [-0.2, -0.15) is 4.98 Å². The van der Waals surface area contributed by atoms with Gasteiger partial charge in [0.25, 0.3) is 11.8 Å². The average molecular weight is 655 g/mol. The second kappa shape index (κ2) is 13.8. The number of benzene rings is 4. The number of hydrogen-bond acceptors (Lipinski definition) is 7. The van der Waals surface area contributed by atoms with Crippen molar-refractivity contribution in [2.75, 3.05) is 5.32 Å². The van der Waals surface area contributed by atoms with Crippen LogP contribution in [0, 0.1) is 18.6 Å². The number of carboxylic acids is 1. The van der Waals surface area contributed by atoms with Crippen LogP contribution in [0.3, 0.4) is 0 Å². The Kier molecular flexibility index (Phi) is 9.64. The standard InChI is InChI=1S/C36H32F2N4O6/c1-20-8-10-24(19-28(20)37)23-6-5-7-25(18-23)32(43)40-30(34(44)45)17-21-9-15-27(29(38)16-21)31-41-33(48-42-31)22-11-13-26(14-12-22)39-35(46)47-36(2,3)4/h5-16,18-19,30H,17H2,1-4H3,(H,39,46)(H,40,43)(H,44,45). The summed E-state index contributed by atoms with van der Waals surface area (Å²) in [7, 11) is 0. The van der Waals surface area contributed by atoms with Gasteiger partial charge in [0.1, 0.15) is 23.3 Å². The summed E-state index contributed by atoms with van der Waals surface area (Å²) in [5.41, 5.74) is 2.52. The maximum absolute atomic E-state index is 15.2. The van der Waals surface area contributed by atoms with Crippen LogP contribution in [0.15, 0.2) is 89.5 Å². The van der Waals surface area contributed by atoms with Crippen LogP contribution >= 0.6 is 0 Å². The fourth-order valence-corrected chi connectivity index (χ4v) is 4.72. The number of halogens is 2. The van der Waals surface area contributed by atoms with E-state index in [2.05, 4.69) is 20.8 Å². The van der Waals surface area contributed by atoms with Crippen molar-refractivity contribution in [3.05, 3.63) is 113 Å². The third kappa shape index (κ3) is 8.27. The fourth-order valence-electron chi connectivity index (χ4n) is 4.72. The van der Waals surface area contributed by atoms with Crippen molar-refractivity contribution in [3.8, 4) is 34.0 Å². The van der Waals surface area contributed by atoms with Gasteiger partial charge in [-0.3, -0.25) is 10.1 Å². The van der Waals surface area contributed by atoms with Gasteiger partial charge >= 0.3 is 12.1 Å². The van der Waals surface area contributed by atoms with E-state index in [0.29, 0.717) is 33.5 Å². The lowest BCUT2D eigenvalue weighted by Crippen LogP contribution is -2.42. The summed E-state index contributed by atoms with van der Waals surface area (Å²) in [5, 5.41) is 18.8. The van der Waals surface area contributed by atoms with Crippen molar-refractivity contribution in [1.82, 2.24) is 15.5 Å². The van der Waals surface area contributed by atoms with Crippen LogP contribution < -0.4 is 10.6 Å². The van der Waals surface area contributed by atoms with E-state index >= 15 is 4.39 Å². The number of aryl methyl sites for hydroxylation is 1. The highest BCUT2D eigenvalue weighted by Crippen LogP contribution is 2.27. The molecule has 246 valence electrons. The van der Waals surface area contributed by atoms with E-state index in [1.165, 1.54) is 24.3 Å². The lowest BCUT2D eigenvalue weighted by molar-refractivity contribution is -0.139. The van der Waals surface area contributed by atoms with E-state index in [9.17, 15) is 23.9 Å². The van der Waals surface area contributed by atoms with E-state index < -0.39 is 35.4 Å². The van der Waals surface area contributed by atoms with Gasteiger partial charge in [0, 0.05) is 23.2 Å². The summed E-state index contributed by atoms with van der Waals surface area (Å²) in [5.74, 6) is -2.97. The fraction of sp³-hybridized carbons (Fsp3) is 0.194. The van der Waals surface area contributed by atoms with Crippen molar-refractivity contribution in [2.45, 2.75) is 45.8 Å². The Hall–Kier alpha value is -5.91. The summed E-state index contributed by atoms with van der Waals surface area (Å²) < 4.78 is 39.9. The second-order valence-corrected chi connectivity index (χ2v) is 12.1. The molecule has 0 bridgehead atoms. The Labute approximate surface area is 274 Å². The van der Waals surface area contributed by atoms with Crippen molar-refractivity contribution in [1.29, 1.82) is 0 Å². The van der Waals surface area contributed by atoms with Gasteiger partial charge in [-0.25, -0.2) is 18.4 Å². The van der Waals surface area contributed by atoms with Crippen LogP contribution in [0.25, 0.3) is 34.0 Å². The Balaban J connectivity index is 1.25. The van der Waals surface area contributed by atoms with Gasteiger partial charge in [0.2, 0.25) is 5.82 Å². The molecule has 3 N–H and O–H groups in total. The molecule has 12 heteroatoms. The van der Waals surface area contributed by atoms with Crippen molar-refractivity contribution in [2.24, 2.45) is 0 Å². The molecule has 0 radical (unpaired) electrons. The van der Waals surface area contributed by atoms with Crippen LogP contribution in [0.2, 0.25) is 0 Å². The normalized spacial score (nSPS) is 11.9. The molecule has 2 amide bonds. The first-order valence-corrected chi connectivity index (χ1v) is 14.9. The molecule has 0 aliphatic rings. The molecule has 4 aromatic carbocycles. The van der Waals surface area contributed by atoms with Crippen LogP contribution in [0.4, 0.5) is 19.3 Å². The third-order valence-electron chi connectivity index (χ3n) is 7.15. The Bertz CT molecular complexity index is 1990. The monoisotopic (exact) mass is 654 g/mol. The molecule has 0 spiro atoms. The first-order chi connectivity index (χ1) is 22.8. The van der Waals surface area contributed by atoms with Gasteiger partial charge in [0.05, 0.1) is 5.56 Å². The van der Waals surface area contributed by atoms with Crippen LogP contribution in [-0.2, 0) is 16.0 Å². The zero-order chi connectivity index (χ0) is 34.6. The number of carbonyl (C=O) groups excluding carboxylic acids is 2. The molecule has 10 nitrogen and oxygen atoms in total. The molecule has 0 saturated carbocycles. The summed E-state index contributed by atoms with van der Waals surface area (Å²) in [4.78, 5) is 41.4. The maximum atomic E-state index is 15.2. The minimum Gasteiger partial charge on any atom is -0.480 e. The number of carbonyl (C=O) groups is 3. The number of nitrogens with zero attached hydrogens (tertiary/aromatic N) is 2. The Morgan fingerprint density at radius 3 is 2.27 bits per heavy atom. The molecule has 5 aromatic rings. The molecule has 1 aromatic heterocycles. The van der Waals surface area contributed by atoms with Gasteiger partial charge in [-0.1, -0.05) is 35.5 Å². The predicted molar refractivity (Wildman–Crippen MR) is 174 cm³/mol. The minimum absolute atomic E-state index is 0.0252. The van der Waals surface area contributed by atoms with Gasteiger partial charge in [0.15, 0.2) is 0 Å². The quantitative estimate of drug-likeness (QED) is 0.149. The smallest absolute Gasteiger partial charge is 0.412 e. The maximum Gasteiger partial charge on any atom is 0.412 e. The van der Waals surface area contributed by atoms with E-state index in [1.54, 1.807) is 82.3 Å². The van der Waals surface area contributed by atoms with Crippen molar-refractivity contribution >= 4 is 23.7 Å². The highest BCUT2D eigenvalue weighted by atomic mass is 19.1. The molecule has 0 saturated heterocycles. The molecule has 1 unspecified atom stereocenters. The number of ether oxygens (including phenoxy) is 1. The number of hydrogen-bond donors (Lipinski definition) is 3. The van der Waals surface area contributed by atoms with Gasteiger partial charge in [-0.05, 0) is 105 Å². The summed E-state index contributed by atoms with van der Waals surface area (Å²) >= 11 is 0. The zero-order valence-corrected chi connectivity index (χ0v) is 26.5. The Morgan fingerprint density at radius 2 is 1.60 bits per heavy atom. The van der Waals surface area contributed by atoms with E-state index in [0.717, 1.165) is 6.07 Å². The molecular formula is C36H32F2N4O6. The highest BCUT2D eigenvalue weighted by Gasteiger charge is 2.23. The molecular weight excluding hydrogens is 622 g/mol. The predicted octanol–water partition coefficient (Wildman–Crippen LogP) is 7.43. The largest absolute Gasteiger partial charge is 0.480 e. The number of aliphatic carboxylic acids is 1. The van der Waals surface area contributed by atoms with Crippen LogP contribution in [0.5, 0.6) is 0 Å². The van der Waals surface area contributed by atoms with Gasteiger partial charge in [-0.15, -0.1) is 0 Å². The number of amides is 2. The number of carboxylic acid groups (broad SMARTS) is 1. The average Bonchev–Trinajstić information content (AvgIpc) is 3.51. The van der Waals surface area contributed by atoms with E-state index in [4.69, 9.17) is 9.26 Å². The molecule has 0 fully saturated rings. The summed E-state index contributed by atoms with van der Waals surface area (Å²) in [6.45, 7) is 6.92. The zero-order valence-electron chi connectivity index (χ0n) is 26.5. The van der Waals surface area contributed by atoms with E-state index in [1.807, 2.05) is 0 Å². The van der Waals surface area contributed by atoms with Crippen LogP contribution in [0.1, 0.15) is 42.3 Å². The number of rotatable bonds is 9. The molecule has 0 aliphatic carbocycles. The number of nitrogens with one attached hydrogen (secondary N) is 2. The van der Waals surface area contributed by atoms with Crippen molar-refractivity contribution in [3.63, 3.8) is 0 Å². The molecule has 1 atom stereocenters. The van der Waals surface area contributed by atoms with E-state index in [-0.39, 0.29) is 35.1 Å². The SMILES string of the molecule is Cc1ccc(-c2cccc(C(=O)NC(Cc3ccc(-c4noc(-c5ccc(NC(=O)OC(C)(C)C)cc5)n4)c(F)c3)C(=O)O)c2)cc1F.